The third kappa shape index (κ3) is 5.34. The Kier molecular flexibility index (Phi) is 7.14. The number of rotatable bonds is 6. The van der Waals surface area contributed by atoms with Crippen molar-refractivity contribution in [3.05, 3.63) is 70.8 Å². The fourth-order valence-corrected chi connectivity index (χ4v) is 5.11. The van der Waals surface area contributed by atoms with Crippen LogP contribution in [0.2, 0.25) is 0 Å². The number of nitrogens with two attached hydrogens (primary N) is 1. The molecule has 1 unspecified atom stereocenters. The number of hydrogen-bond donors (Lipinski definition) is 3. The van der Waals surface area contributed by atoms with Gasteiger partial charge in [-0.25, -0.2) is 8.78 Å². The van der Waals surface area contributed by atoms with Gasteiger partial charge in [-0.15, -0.1) is 0 Å². The Balaban J connectivity index is 1.56. The molecular formula is C27H36F2N2O3. The van der Waals surface area contributed by atoms with Crippen LogP contribution in [0.4, 0.5) is 8.78 Å². The van der Waals surface area contributed by atoms with E-state index in [1.807, 2.05) is 0 Å². The molecular weight excluding hydrogens is 438 g/mol. The number of nitrogens with one attached hydrogen (secondary N) is 1. The van der Waals surface area contributed by atoms with Crippen molar-refractivity contribution in [1.82, 2.24) is 5.32 Å². The van der Waals surface area contributed by atoms with Crippen LogP contribution in [0.1, 0.15) is 69.2 Å². The molecule has 0 bridgehead atoms. The average Bonchev–Trinajstić information content (AvgIpc) is 3.25. The van der Waals surface area contributed by atoms with Crippen molar-refractivity contribution in [2.75, 3.05) is 19.8 Å². The molecule has 2 aromatic carbocycles. The molecule has 1 heterocycles. The van der Waals surface area contributed by atoms with Crippen LogP contribution in [-0.4, -0.2) is 36.8 Å². The normalized spacial score (nSPS) is 21.5. The van der Waals surface area contributed by atoms with E-state index in [0.29, 0.717) is 13.2 Å². The number of ether oxygens (including phenoxy) is 2. The molecule has 7 heteroatoms. The second-order valence-electron chi connectivity index (χ2n) is 10.7. The molecule has 2 atom stereocenters. The van der Waals surface area contributed by atoms with Crippen LogP contribution in [0, 0.1) is 11.6 Å². The van der Waals surface area contributed by atoms with Crippen LogP contribution >= 0.6 is 0 Å². The first-order chi connectivity index (χ1) is 16.0. The zero-order valence-electron chi connectivity index (χ0n) is 20.2. The van der Waals surface area contributed by atoms with Crippen LogP contribution in [0.15, 0.2) is 42.5 Å². The van der Waals surface area contributed by atoms with Crippen LogP contribution in [0.3, 0.4) is 0 Å². The van der Waals surface area contributed by atoms with E-state index in [4.69, 9.17) is 15.2 Å². The van der Waals surface area contributed by atoms with E-state index < -0.39 is 35.1 Å². The summed E-state index contributed by atoms with van der Waals surface area (Å²) in [4.78, 5) is 0. The zero-order valence-corrected chi connectivity index (χ0v) is 20.2. The lowest BCUT2D eigenvalue weighted by molar-refractivity contribution is -0.187. The van der Waals surface area contributed by atoms with E-state index >= 15 is 0 Å². The summed E-state index contributed by atoms with van der Waals surface area (Å²) in [6, 6.07) is 10.8. The second kappa shape index (κ2) is 9.63. The lowest BCUT2D eigenvalue weighted by Crippen LogP contribution is -2.52. The van der Waals surface area contributed by atoms with Gasteiger partial charge in [0.2, 0.25) is 0 Å². The fourth-order valence-electron chi connectivity index (χ4n) is 5.11. The average molecular weight is 475 g/mol. The van der Waals surface area contributed by atoms with E-state index in [1.54, 1.807) is 0 Å². The van der Waals surface area contributed by atoms with Gasteiger partial charge in [0.25, 0.3) is 0 Å². The molecule has 2 fully saturated rings. The Morgan fingerprint density at radius 3 is 2.21 bits per heavy atom. The molecule has 34 heavy (non-hydrogen) atoms. The molecule has 186 valence electrons. The van der Waals surface area contributed by atoms with Gasteiger partial charge in [0, 0.05) is 31.0 Å². The Labute approximate surface area is 200 Å². The summed E-state index contributed by atoms with van der Waals surface area (Å²) in [6.07, 6.45) is 1.96. The maximum Gasteiger partial charge on any atom is 0.168 e. The minimum absolute atomic E-state index is 0.00587. The molecule has 2 aromatic rings. The number of hydrogen-bond acceptors (Lipinski definition) is 5. The second-order valence-corrected chi connectivity index (χ2v) is 10.7. The summed E-state index contributed by atoms with van der Waals surface area (Å²) in [5.41, 5.74) is 8.37. The van der Waals surface area contributed by atoms with Crippen LogP contribution in [0.25, 0.3) is 0 Å². The van der Waals surface area contributed by atoms with Crippen molar-refractivity contribution in [3.63, 3.8) is 0 Å². The van der Waals surface area contributed by atoms with Gasteiger partial charge in [-0.05, 0) is 47.1 Å². The van der Waals surface area contributed by atoms with Crippen molar-refractivity contribution in [1.29, 1.82) is 0 Å². The summed E-state index contributed by atoms with van der Waals surface area (Å²) >= 11 is 0. The molecule has 5 nitrogen and oxygen atoms in total. The number of halogens is 2. The van der Waals surface area contributed by atoms with Gasteiger partial charge >= 0.3 is 0 Å². The third-order valence-electron chi connectivity index (χ3n) is 7.29. The lowest BCUT2D eigenvalue weighted by Gasteiger charge is -2.45. The first kappa shape index (κ1) is 25.2. The Morgan fingerprint density at radius 2 is 1.62 bits per heavy atom. The molecule has 0 radical (unpaired) electrons. The van der Waals surface area contributed by atoms with E-state index in [-0.39, 0.29) is 17.5 Å². The highest BCUT2D eigenvalue weighted by atomic mass is 19.1. The van der Waals surface area contributed by atoms with Gasteiger partial charge in [0.1, 0.15) is 11.6 Å². The molecule has 1 saturated carbocycles. The third-order valence-corrected chi connectivity index (χ3v) is 7.29. The van der Waals surface area contributed by atoms with Crippen molar-refractivity contribution in [3.8, 4) is 0 Å². The van der Waals surface area contributed by atoms with E-state index in [0.717, 1.165) is 37.3 Å². The zero-order chi connectivity index (χ0) is 24.6. The molecule has 0 amide bonds. The van der Waals surface area contributed by atoms with Crippen LogP contribution in [0.5, 0.6) is 0 Å². The van der Waals surface area contributed by atoms with Gasteiger partial charge in [-0.1, -0.05) is 45.0 Å². The Hall–Kier alpha value is -1.90. The first-order valence-corrected chi connectivity index (χ1v) is 12.1. The molecule has 0 aromatic heterocycles. The van der Waals surface area contributed by atoms with Crippen molar-refractivity contribution in [2.45, 2.75) is 75.3 Å². The van der Waals surface area contributed by atoms with Gasteiger partial charge in [0.05, 0.1) is 25.4 Å². The molecule has 4 N–H and O–H groups in total. The molecule has 2 aliphatic rings. The van der Waals surface area contributed by atoms with E-state index in [2.05, 4.69) is 50.4 Å². The van der Waals surface area contributed by atoms with Crippen molar-refractivity contribution in [2.24, 2.45) is 5.73 Å². The lowest BCUT2D eigenvalue weighted by atomic mass is 9.72. The Bertz CT molecular complexity index is 971. The predicted octanol–water partition coefficient (Wildman–Crippen LogP) is 4.43. The quantitative estimate of drug-likeness (QED) is 0.578. The maximum absolute atomic E-state index is 13.7. The minimum Gasteiger partial charge on any atom is -0.390 e. The summed E-state index contributed by atoms with van der Waals surface area (Å²) in [6.45, 7) is 7.94. The standard InChI is InChI=1S/C27H36F2N2O3/c1-25(2,3)19-5-4-6-20(15-19)26(7-9-27(10-8-26)33-11-12-34-27)31-17-23(32)24(30)18-13-21(28)16-22(29)14-18/h4-6,13-16,23-24,31-32H,7-12,17,30H2,1-3H3/t23-,24?/m1/s1. The Morgan fingerprint density at radius 1 is 1.00 bits per heavy atom. The summed E-state index contributed by atoms with van der Waals surface area (Å²) < 4.78 is 39.2. The topological polar surface area (TPSA) is 76.7 Å². The number of aliphatic hydroxyl groups is 1. The minimum atomic E-state index is -1.03. The number of benzene rings is 2. The monoisotopic (exact) mass is 474 g/mol. The summed E-state index contributed by atoms with van der Waals surface area (Å²) in [7, 11) is 0. The van der Waals surface area contributed by atoms with Gasteiger partial charge in [0.15, 0.2) is 5.79 Å². The highest BCUT2D eigenvalue weighted by Crippen LogP contribution is 2.45. The first-order valence-electron chi connectivity index (χ1n) is 12.1. The molecule has 1 aliphatic heterocycles. The maximum atomic E-state index is 13.7. The summed E-state index contributed by atoms with van der Waals surface area (Å²) in [5.74, 6) is -1.95. The van der Waals surface area contributed by atoms with Crippen LogP contribution < -0.4 is 11.1 Å². The van der Waals surface area contributed by atoms with E-state index in [9.17, 15) is 13.9 Å². The molecule has 1 aliphatic carbocycles. The predicted molar refractivity (Wildman–Crippen MR) is 127 cm³/mol. The fraction of sp³-hybridized carbons (Fsp3) is 0.556. The van der Waals surface area contributed by atoms with Gasteiger partial charge in [-0.3, -0.25) is 0 Å². The molecule has 1 spiro atoms. The van der Waals surface area contributed by atoms with Crippen molar-refractivity contribution < 1.29 is 23.4 Å². The smallest absolute Gasteiger partial charge is 0.168 e. The summed E-state index contributed by atoms with van der Waals surface area (Å²) in [5, 5.41) is 14.4. The van der Waals surface area contributed by atoms with Gasteiger partial charge in [-0.2, -0.15) is 0 Å². The molecule has 4 rings (SSSR count). The highest BCUT2D eigenvalue weighted by molar-refractivity contribution is 5.34. The number of aliphatic hydroxyl groups excluding tert-OH is 1. The molecule has 1 saturated heterocycles. The SMILES string of the molecule is CC(C)(C)c1cccc(C2(NC[C@@H](O)C(N)c3cc(F)cc(F)c3)CCC3(CC2)OCCO3)c1. The van der Waals surface area contributed by atoms with E-state index in [1.165, 1.54) is 17.7 Å². The van der Waals surface area contributed by atoms with Crippen LogP contribution in [-0.2, 0) is 20.4 Å². The largest absolute Gasteiger partial charge is 0.390 e. The highest BCUT2D eigenvalue weighted by Gasteiger charge is 2.47. The van der Waals surface area contributed by atoms with Crippen molar-refractivity contribution >= 4 is 0 Å². The van der Waals surface area contributed by atoms with Gasteiger partial charge < -0.3 is 25.6 Å².